The second-order valence-corrected chi connectivity index (χ2v) is 5.16. The Hall–Kier alpha value is -1.71. The predicted octanol–water partition coefficient (Wildman–Crippen LogP) is 3.92. The van der Waals surface area contributed by atoms with E-state index < -0.39 is 0 Å². The quantitative estimate of drug-likeness (QED) is 0.903. The molecule has 0 atom stereocenters. The summed E-state index contributed by atoms with van der Waals surface area (Å²) in [5.41, 5.74) is 2.12. The number of para-hydroxylation sites is 1. The normalized spacial score (nSPS) is 10.4. The molecular weight excluding hydrogens is 272 g/mol. The molecule has 0 saturated carbocycles. The van der Waals surface area contributed by atoms with Crippen LogP contribution in [0, 0.1) is 0 Å². The van der Waals surface area contributed by atoms with Gasteiger partial charge in [-0.2, -0.15) is 0 Å². The van der Waals surface area contributed by atoms with Crippen LogP contribution in [0.25, 0.3) is 0 Å². The molecule has 106 valence electrons. The summed E-state index contributed by atoms with van der Waals surface area (Å²) in [5, 5.41) is 3.74. The number of halogens is 1. The number of hydrogen-bond donors (Lipinski definition) is 1. The molecule has 1 N–H and O–H groups in total. The Labute approximate surface area is 125 Å². The topological polar surface area (TPSA) is 24.5 Å². The minimum atomic E-state index is 0.619. The monoisotopic (exact) mass is 290 g/mol. The van der Waals surface area contributed by atoms with Crippen molar-refractivity contribution >= 4 is 17.3 Å². The van der Waals surface area contributed by atoms with Gasteiger partial charge in [-0.25, -0.2) is 0 Å². The molecule has 0 spiro atoms. The lowest BCUT2D eigenvalue weighted by atomic mass is 10.2. The summed E-state index contributed by atoms with van der Waals surface area (Å²) in [6.45, 7) is 0.712. The van der Waals surface area contributed by atoms with Crippen LogP contribution in [-0.2, 0) is 6.54 Å². The Morgan fingerprint density at radius 1 is 1.15 bits per heavy atom. The van der Waals surface area contributed by atoms with Gasteiger partial charge in [0.05, 0.1) is 5.02 Å². The molecule has 3 nitrogen and oxygen atoms in total. The van der Waals surface area contributed by atoms with Crippen molar-refractivity contribution in [2.45, 2.75) is 6.54 Å². The van der Waals surface area contributed by atoms with E-state index in [-0.39, 0.29) is 0 Å². The molecule has 2 aromatic rings. The summed E-state index contributed by atoms with van der Waals surface area (Å²) >= 11 is 6.25. The lowest BCUT2D eigenvalue weighted by Crippen LogP contribution is -2.08. The number of nitrogens with zero attached hydrogens (tertiary/aromatic N) is 1. The summed E-state index contributed by atoms with van der Waals surface area (Å²) < 4.78 is 5.99. The van der Waals surface area contributed by atoms with Crippen molar-refractivity contribution in [1.29, 1.82) is 0 Å². The highest BCUT2D eigenvalue weighted by Crippen LogP contribution is 2.34. The van der Waals surface area contributed by atoms with E-state index in [1.54, 1.807) is 0 Å². The molecule has 0 aliphatic carbocycles. The molecule has 0 bridgehead atoms. The van der Waals surface area contributed by atoms with Crippen LogP contribution in [0.5, 0.6) is 11.5 Å². The smallest absolute Gasteiger partial charge is 0.150 e. The van der Waals surface area contributed by atoms with Gasteiger partial charge in [-0.15, -0.1) is 0 Å². The zero-order chi connectivity index (χ0) is 14.5. The summed E-state index contributed by atoms with van der Waals surface area (Å²) in [7, 11) is 5.90. The fourth-order valence-corrected chi connectivity index (χ4v) is 2.17. The number of rotatable bonds is 5. The van der Waals surface area contributed by atoms with Gasteiger partial charge in [0.1, 0.15) is 11.5 Å². The number of nitrogens with one attached hydrogen (secondary N) is 1. The van der Waals surface area contributed by atoms with E-state index in [1.165, 1.54) is 0 Å². The van der Waals surface area contributed by atoms with E-state index in [0.717, 1.165) is 17.0 Å². The van der Waals surface area contributed by atoms with E-state index in [2.05, 4.69) is 5.32 Å². The first-order valence-corrected chi connectivity index (χ1v) is 6.87. The van der Waals surface area contributed by atoms with Crippen LogP contribution < -0.4 is 15.0 Å². The van der Waals surface area contributed by atoms with E-state index in [4.69, 9.17) is 16.3 Å². The minimum absolute atomic E-state index is 0.619. The first-order chi connectivity index (χ1) is 9.61. The highest BCUT2D eigenvalue weighted by atomic mass is 35.5. The van der Waals surface area contributed by atoms with Crippen LogP contribution in [0.15, 0.2) is 42.5 Å². The maximum atomic E-state index is 6.25. The number of ether oxygens (including phenoxy) is 1. The molecule has 0 fully saturated rings. The van der Waals surface area contributed by atoms with Gasteiger partial charge >= 0.3 is 0 Å². The Balaban J connectivity index is 2.32. The highest BCUT2D eigenvalue weighted by Gasteiger charge is 2.09. The van der Waals surface area contributed by atoms with Crippen molar-refractivity contribution in [2.75, 3.05) is 26.0 Å². The van der Waals surface area contributed by atoms with Gasteiger partial charge in [0.25, 0.3) is 0 Å². The van der Waals surface area contributed by atoms with Gasteiger partial charge in [0.2, 0.25) is 0 Å². The van der Waals surface area contributed by atoms with Gasteiger partial charge in [0.15, 0.2) is 0 Å². The Bertz CT molecular complexity index is 584. The molecule has 0 aromatic heterocycles. The molecule has 20 heavy (non-hydrogen) atoms. The van der Waals surface area contributed by atoms with Crippen molar-refractivity contribution in [3.05, 3.63) is 53.1 Å². The van der Waals surface area contributed by atoms with Crippen molar-refractivity contribution in [2.24, 2.45) is 0 Å². The van der Waals surface area contributed by atoms with Gasteiger partial charge in [0, 0.05) is 38.0 Å². The van der Waals surface area contributed by atoms with Crippen LogP contribution in [0.4, 0.5) is 5.69 Å². The molecule has 0 amide bonds. The molecule has 0 aliphatic heterocycles. The van der Waals surface area contributed by atoms with Gasteiger partial charge in [-0.3, -0.25) is 0 Å². The van der Waals surface area contributed by atoms with Crippen molar-refractivity contribution < 1.29 is 4.74 Å². The molecule has 0 heterocycles. The zero-order valence-corrected chi connectivity index (χ0v) is 12.7. The van der Waals surface area contributed by atoms with E-state index in [9.17, 15) is 0 Å². The molecular formula is C16H19ClN2O. The molecule has 0 radical (unpaired) electrons. The first kappa shape index (κ1) is 14.7. The first-order valence-electron chi connectivity index (χ1n) is 6.49. The predicted molar refractivity (Wildman–Crippen MR) is 85.1 cm³/mol. The SMILES string of the molecule is CNCc1cccc(Cl)c1Oc1cccc(N(C)C)c1. The molecule has 0 aliphatic rings. The highest BCUT2D eigenvalue weighted by molar-refractivity contribution is 6.32. The summed E-state index contributed by atoms with van der Waals surface area (Å²) in [5.74, 6) is 1.49. The van der Waals surface area contributed by atoms with Crippen LogP contribution in [0.3, 0.4) is 0 Å². The lowest BCUT2D eigenvalue weighted by molar-refractivity contribution is 0.474. The average molecular weight is 291 g/mol. The van der Waals surface area contributed by atoms with Gasteiger partial charge in [-0.05, 0) is 25.2 Å². The number of anilines is 1. The lowest BCUT2D eigenvalue weighted by Gasteiger charge is -2.16. The zero-order valence-electron chi connectivity index (χ0n) is 12.0. The third kappa shape index (κ3) is 3.44. The second-order valence-electron chi connectivity index (χ2n) is 4.75. The fraction of sp³-hybridized carbons (Fsp3) is 0.250. The van der Waals surface area contributed by atoms with Gasteiger partial charge in [-0.1, -0.05) is 29.8 Å². The maximum absolute atomic E-state index is 6.25. The molecule has 4 heteroatoms. The number of hydrogen-bond acceptors (Lipinski definition) is 3. The third-order valence-corrected chi connectivity index (χ3v) is 3.27. The van der Waals surface area contributed by atoms with Gasteiger partial charge < -0.3 is 15.0 Å². The minimum Gasteiger partial charge on any atom is -0.455 e. The fourth-order valence-electron chi connectivity index (χ4n) is 1.94. The Morgan fingerprint density at radius 2 is 1.90 bits per heavy atom. The van der Waals surface area contributed by atoms with Crippen molar-refractivity contribution in [3.63, 3.8) is 0 Å². The van der Waals surface area contributed by atoms with E-state index in [0.29, 0.717) is 17.3 Å². The molecule has 2 rings (SSSR count). The number of benzene rings is 2. The van der Waals surface area contributed by atoms with E-state index >= 15 is 0 Å². The Kier molecular flexibility index (Phi) is 4.88. The summed E-state index contributed by atoms with van der Waals surface area (Å²) in [6.07, 6.45) is 0. The average Bonchev–Trinajstić information content (AvgIpc) is 2.43. The van der Waals surface area contributed by atoms with E-state index in [1.807, 2.05) is 68.5 Å². The largest absolute Gasteiger partial charge is 0.455 e. The molecule has 0 unspecified atom stereocenters. The summed E-state index contributed by atoms with van der Waals surface area (Å²) in [6, 6.07) is 13.7. The third-order valence-electron chi connectivity index (χ3n) is 2.97. The van der Waals surface area contributed by atoms with Crippen LogP contribution in [0.2, 0.25) is 5.02 Å². The maximum Gasteiger partial charge on any atom is 0.150 e. The van der Waals surface area contributed by atoms with Crippen LogP contribution in [0.1, 0.15) is 5.56 Å². The second kappa shape index (κ2) is 6.64. The van der Waals surface area contributed by atoms with Crippen molar-refractivity contribution in [1.82, 2.24) is 5.32 Å². The standard InChI is InChI=1S/C16H19ClN2O/c1-18-11-12-6-4-9-15(17)16(12)20-14-8-5-7-13(10-14)19(2)3/h4-10,18H,11H2,1-3H3. The van der Waals surface area contributed by atoms with Crippen molar-refractivity contribution in [3.8, 4) is 11.5 Å². The molecule has 2 aromatic carbocycles. The van der Waals surface area contributed by atoms with Crippen LogP contribution >= 0.6 is 11.6 Å². The van der Waals surface area contributed by atoms with Crippen LogP contribution in [-0.4, -0.2) is 21.1 Å². The Morgan fingerprint density at radius 3 is 2.60 bits per heavy atom. The summed E-state index contributed by atoms with van der Waals surface area (Å²) in [4.78, 5) is 2.04. The molecule has 0 saturated heterocycles.